The maximum absolute atomic E-state index is 13.2. The molecule has 0 spiro atoms. The Morgan fingerprint density at radius 3 is 2.52 bits per heavy atom. The van der Waals surface area contributed by atoms with Crippen LogP contribution in [-0.2, 0) is 22.6 Å². The molecule has 4 heterocycles. The lowest BCUT2D eigenvalue weighted by Crippen LogP contribution is -2.54. The smallest absolute Gasteiger partial charge is 0.333 e. The van der Waals surface area contributed by atoms with Crippen LogP contribution in [0.25, 0.3) is 15.5 Å². The van der Waals surface area contributed by atoms with Crippen LogP contribution in [0, 0.1) is 0 Å². The Morgan fingerprint density at radius 2 is 1.74 bits per heavy atom. The molecule has 10 heteroatoms. The lowest BCUT2D eigenvalue weighted by Gasteiger charge is -2.31. The van der Waals surface area contributed by atoms with Crippen molar-refractivity contribution in [1.82, 2.24) is 9.80 Å². The fourth-order valence-electron chi connectivity index (χ4n) is 5.32. The molecule has 214 valence electrons. The van der Waals surface area contributed by atoms with Crippen LogP contribution in [0.4, 0.5) is 21.2 Å². The Kier molecular flexibility index (Phi) is 7.99. The molecule has 0 bridgehead atoms. The number of urea groups is 1. The second-order valence-corrected chi connectivity index (χ2v) is 12.7. The van der Waals surface area contributed by atoms with E-state index in [0.717, 1.165) is 66.3 Å². The third-order valence-electron chi connectivity index (χ3n) is 7.54. The largest absolute Gasteiger partial charge is 0.371 e. The van der Waals surface area contributed by atoms with Gasteiger partial charge in [0.15, 0.2) is 0 Å². The summed E-state index contributed by atoms with van der Waals surface area (Å²) in [4.78, 5) is 44.2. The number of imide groups is 2. The molecule has 2 aliphatic heterocycles. The fourth-order valence-corrected chi connectivity index (χ4v) is 7.48. The highest BCUT2D eigenvalue weighted by atomic mass is 32.1. The summed E-state index contributed by atoms with van der Waals surface area (Å²) in [6.45, 7) is 4.53. The number of barbiturate groups is 1. The standard InChI is InChI=1S/C32H31N5O3S2/c1-3-4-14-36-15-8-11-22-16-23(12-13-26(22)36)33-34-29-19-28-27(42-29)18-24(41-28)17-25-30(38)35(2)32(40)37(31(25)39)20-21-9-6-5-7-10-21/h5-7,9-10,12-13,16-19H,3-4,8,11,14-15,20H2,1-2H3/b25-17+,34-33+. The number of carbonyl (C=O) groups is 3. The Morgan fingerprint density at radius 1 is 0.929 bits per heavy atom. The summed E-state index contributed by atoms with van der Waals surface area (Å²) in [5, 5.41) is 9.81. The predicted octanol–water partition coefficient (Wildman–Crippen LogP) is 7.94. The summed E-state index contributed by atoms with van der Waals surface area (Å²) in [6.07, 6.45) is 6.20. The maximum atomic E-state index is 13.2. The first-order chi connectivity index (χ1) is 20.4. The van der Waals surface area contributed by atoms with E-state index < -0.39 is 17.8 Å². The lowest BCUT2D eigenvalue weighted by atomic mass is 10.0. The molecule has 2 aliphatic rings. The second-order valence-electron chi connectivity index (χ2n) is 10.5. The zero-order chi connectivity index (χ0) is 29.2. The summed E-state index contributed by atoms with van der Waals surface area (Å²) in [7, 11) is 1.40. The minimum Gasteiger partial charge on any atom is -0.371 e. The number of hydrogen-bond acceptors (Lipinski definition) is 8. The van der Waals surface area contributed by atoms with Gasteiger partial charge >= 0.3 is 6.03 Å². The van der Waals surface area contributed by atoms with E-state index >= 15 is 0 Å². The van der Waals surface area contributed by atoms with Gasteiger partial charge < -0.3 is 4.90 Å². The van der Waals surface area contributed by atoms with Crippen molar-refractivity contribution in [3.05, 3.63) is 82.2 Å². The van der Waals surface area contributed by atoms with Crippen LogP contribution in [0.3, 0.4) is 0 Å². The fraction of sp³-hybridized carbons (Fsp3) is 0.281. The summed E-state index contributed by atoms with van der Waals surface area (Å²) < 4.78 is 2.00. The molecule has 6 rings (SSSR count). The van der Waals surface area contributed by atoms with Gasteiger partial charge in [0.2, 0.25) is 0 Å². The number of hydrogen-bond donors (Lipinski definition) is 0. The molecule has 4 aromatic rings. The third-order valence-corrected chi connectivity index (χ3v) is 9.66. The van der Waals surface area contributed by atoms with Gasteiger partial charge in [0.25, 0.3) is 11.8 Å². The van der Waals surface area contributed by atoms with Gasteiger partial charge in [0, 0.05) is 40.1 Å². The van der Waals surface area contributed by atoms with Crippen molar-refractivity contribution in [3.63, 3.8) is 0 Å². The van der Waals surface area contributed by atoms with Gasteiger partial charge in [-0.15, -0.1) is 32.9 Å². The van der Waals surface area contributed by atoms with Gasteiger partial charge in [0.1, 0.15) is 10.6 Å². The number of unbranched alkanes of at least 4 members (excludes halogenated alkanes) is 1. The normalized spacial score (nSPS) is 16.9. The van der Waals surface area contributed by atoms with E-state index in [1.165, 1.54) is 53.8 Å². The number of carbonyl (C=O) groups excluding carboxylic acids is 3. The molecule has 0 unspecified atom stereocenters. The first-order valence-corrected chi connectivity index (χ1v) is 15.8. The van der Waals surface area contributed by atoms with Crippen LogP contribution in [0.5, 0.6) is 0 Å². The molecule has 0 N–H and O–H groups in total. The number of benzene rings is 2. The molecule has 0 saturated carbocycles. The first-order valence-electron chi connectivity index (χ1n) is 14.1. The molecule has 42 heavy (non-hydrogen) atoms. The summed E-state index contributed by atoms with van der Waals surface area (Å²) in [5.74, 6) is -1.18. The molecule has 2 aromatic heterocycles. The second kappa shape index (κ2) is 12.0. The molecular weight excluding hydrogens is 567 g/mol. The van der Waals surface area contributed by atoms with Gasteiger partial charge in [-0.1, -0.05) is 43.7 Å². The van der Waals surface area contributed by atoms with Crippen molar-refractivity contribution in [1.29, 1.82) is 0 Å². The average Bonchev–Trinajstić information content (AvgIpc) is 3.57. The van der Waals surface area contributed by atoms with Gasteiger partial charge in [0.05, 0.1) is 12.2 Å². The number of thiophene rings is 2. The number of rotatable bonds is 8. The van der Waals surface area contributed by atoms with Crippen LogP contribution >= 0.6 is 22.7 Å². The van der Waals surface area contributed by atoms with Gasteiger partial charge in [-0.2, -0.15) is 0 Å². The van der Waals surface area contributed by atoms with Crippen molar-refractivity contribution in [2.75, 3.05) is 25.0 Å². The van der Waals surface area contributed by atoms with Crippen molar-refractivity contribution in [2.24, 2.45) is 10.2 Å². The van der Waals surface area contributed by atoms with E-state index in [2.05, 4.69) is 34.2 Å². The number of aryl methyl sites for hydroxylation is 1. The molecular formula is C32H31N5O3S2. The van der Waals surface area contributed by atoms with Crippen molar-refractivity contribution >= 4 is 72.4 Å². The Hall–Kier alpha value is -4.15. The molecule has 4 amide bonds. The van der Waals surface area contributed by atoms with Crippen molar-refractivity contribution < 1.29 is 14.4 Å². The van der Waals surface area contributed by atoms with Crippen LogP contribution < -0.4 is 4.90 Å². The average molecular weight is 598 g/mol. The molecule has 0 aliphatic carbocycles. The number of anilines is 1. The highest BCUT2D eigenvalue weighted by Gasteiger charge is 2.40. The number of likely N-dealkylation sites (N-methyl/N-ethyl adjacent to an activating group) is 1. The minimum absolute atomic E-state index is 0.0254. The van der Waals surface area contributed by atoms with E-state index in [1.54, 1.807) is 6.08 Å². The molecule has 8 nitrogen and oxygen atoms in total. The molecule has 1 fully saturated rings. The summed E-state index contributed by atoms with van der Waals surface area (Å²) in [6, 6.07) is 18.9. The third kappa shape index (κ3) is 5.64. The van der Waals surface area contributed by atoms with Gasteiger partial charge in [-0.25, -0.2) is 4.79 Å². The lowest BCUT2D eigenvalue weighted by molar-refractivity contribution is -0.135. The van der Waals surface area contributed by atoms with Crippen LogP contribution in [-0.4, -0.2) is 47.8 Å². The molecule has 1 saturated heterocycles. The zero-order valence-electron chi connectivity index (χ0n) is 23.6. The van der Waals surface area contributed by atoms with E-state index in [9.17, 15) is 14.4 Å². The SMILES string of the molecule is CCCCN1CCCc2cc(/N=N/c3cc4sc(/C=C5\C(=O)N(C)C(=O)N(Cc6ccccc6)C5=O)cc4s3)ccc21. The number of amides is 4. The number of fused-ring (bicyclic) bond motifs is 2. The number of nitrogens with zero attached hydrogens (tertiary/aromatic N) is 5. The topological polar surface area (TPSA) is 85.7 Å². The van der Waals surface area contributed by atoms with Crippen LogP contribution in [0.15, 0.2) is 76.5 Å². The minimum atomic E-state index is -0.624. The maximum Gasteiger partial charge on any atom is 0.333 e. The van der Waals surface area contributed by atoms with Crippen LogP contribution in [0.2, 0.25) is 0 Å². The Balaban J connectivity index is 1.19. The van der Waals surface area contributed by atoms with E-state index in [0.29, 0.717) is 0 Å². The monoisotopic (exact) mass is 597 g/mol. The van der Waals surface area contributed by atoms with Gasteiger partial charge in [-0.3, -0.25) is 19.4 Å². The van der Waals surface area contributed by atoms with Crippen molar-refractivity contribution in [2.45, 2.75) is 39.2 Å². The van der Waals surface area contributed by atoms with Gasteiger partial charge in [-0.05, 0) is 66.8 Å². The summed E-state index contributed by atoms with van der Waals surface area (Å²) >= 11 is 2.98. The quantitative estimate of drug-likeness (QED) is 0.117. The highest BCUT2D eigenvalue weighted by Crippen LogP contribution is 2.40. The first kappa shape index (κ1) is 28.0. The predicted molar refractivity (Wildman–Crippen MR) is 169 cm³/mol. The van der Waals surface area contributed by atoms with E-state index in [4.69, 9.17) is 0 Å². The summed E-state index contributed by atoms with van der Waals surface area (Å²) in [5.41, 5.74) is 4.29. The Labute approximate surface area is 252 Å². The zero-order valence-corrected chi connectivity index (χ0v) is 25.2. The molecule has 0 radical (unpaired) electrons. The highest BCUT2D eigenvalue weighted by molar-refractivity contribution is 7.30. The van der Waals surface area contributed by atoms with E-state index in [1.807, 2.05) is 48.5 Å². The Bertz CT molecular complexity index is 1690. The molecule has 0 atom stereocenters. The van der Waals surface area contributed by atoms with Crippen LogP contribution in [0.1, 0.15) is 42.2 Å². The number of azo groups is 1. The van der Waals surface area contributed by atoms with E-state index in [-0.39, 0.29) is 12.1 Å². The molecule has 2 aromatic carbocycles. The van der Waals surface area contributed by atoms with Crippen molar-refractivity contribution in [3.8, 4) is 0 Å².